The van der Waals surface area contributed by atoms with E-state index in [0.29, 0.717) is 37.4 Å². The van der Waals surface area contributed by atoms with Gasteiger partial charge in [0.2, 0.25) is 5.91 Å². The molecule has 31 heavy (non-hydrogen) atoms. The van der Waals surface area contributed by atoms with Gasteiger partial charge in [-0.3, -0.25) is 4.79 Å². The van der Waals surface area contributed by atoms with Crippen molar-refractivity contribution in [2.24, 2.45) is 0 Å². The Balaban J connectivity index is 1.35. The summed E-state index contributed by atoms with van der Waals surface area (Å²) in [4.78, 5) is 29.0. The molecule has 0 radical (unpaired) electrons. The molecule has 2 atom stereocenters. The van der Waals surface area contributed by atoms with E-state index in [-0.39, 0.29) is 30.7 Å². The summed E-state index contributed by atoms with van der Waals surface area (Å²) < 4.78 is 16.2. The quantitative estimate of drug-likeness (QED) is 0.683. The Hall–Kier alpha value is -3.22. The summed E-state index contributed by atoms with van der Waals surface area (Å²) in [7, 11) is 3.22. The molecule has 2 saturated heterocycles. The summed E-state index contributed by atoms with van der Waals surface area (Å²) in [6, 6.07) is 15.4. The molecule has 7 nitrogen and oxygen atoms in total. The van der Waals surface area contributed by atoms with Gasteiger partial charge < -0.3 is 24.0 Å². The van der Waals surface area contributed by atoms with Crippen LogP contribution in [0.25, 0.3) is 0 Å². The molecule has 4 rings (SSSR count). The molecule has 0 aliphatic carbocycles. The van der Waals surface area contributed by atoms with Gasteiger partial charge in [0.15, 0.2) is 11.5 Å². The molecular formula is C24H28N2O5. The largest absolute Gasteiger partial charge is 0.493 e. The summed E-state index contributed by atoms with van der Waals surface area (Å²) in [6.45, 7) is 1.47. The SMILES string of the molecule is COc1ccc(CCN2C(=O)C[C@@H]3[C@H]2CCN3C(=O)OCc2ccccc2)cc1OC. The first kappa shape index (κ1) is 21.0. The average Bonchev–Trinajstić information content (AvgIpc) is 3.34. The molecule has 7 heteroatoms. The van der Waals surface area contributed by atoms with E-state index in [1.165, 1.54) is 0 Å². The smallest absolute Gasteiger partial charge is 0.410 e. The number of hydrogen-bond acceptors (Lipinski definition) is 5. The highest BCUT2D eigenvalue weighted by Gasteiger charge is 2.48. The zero-order chi connectivity index (χ0) is 21.8. The van der Waals surface area contributed by atoms with Crippen molar-refractivity contribution < 1.29 is 23.8 Å². The molecule has 2 aliphatic heterocycles. The van der Waals surface area contributed by atoms with E-state index in [0.717, 1.165) is 17.5 Å². The van der Waals surface area contributed by atoms with Gasteiger partial charge >= 0.3 is 6.09 Å². The normalized spacial score (nSPS) is 20.0. The molecule has 0 saturated carbocycles. The molecule has 0 bridgehead atoms. The molecule has 2 aliphatic rings. The standard InChI is InChI=1S/C24H28N2O5/c1-29-21-9-8-17(14-22(21)30-2)10-12-25-19-11-13-26(20(19)15-23(25)27)24(28)31-16-18-6-4-3-5-7-18/h3-9,14,19-20H,10-13,15-16H2,1-2H3/t19-,20-/m1/s1. The monoisotopic (exact) mass is 424 g/mol. The summed E-state index contributed by atoms with van der Waals surface area (Å²) in [6.07, 6.45) is 1.51. The zero-order valence-electron chi connectivity index (χ0n) is 18.0. The number of methoxy groups -OCH3 is 2. The van der Waals surface area contributed by atoms with E-state index >= 15 is 0 Å². The highest BCUT2D eigenvalue weighted by atomic mass is 16.6. The molecule has 2 aromatic rings. The zero-order valence-corrected chi connectivity index (χ0v) is 18.0. The maximum absolute atomic E-state index is 12.7. The molecule has 2 fully saturated rings. The van der Waals surface area contributed by atoms with Crippen LogP contribution < -0.4 is 9.47 Å². The lowest BCUT2D eigenvalue weighted by Gasteiger charge is -2.25. The van der Waals surface area contributed by atoms with Gasteiger partial charge in [-0.2, -0.15) is 0 Å². The Kier molecular flexibility index (Phi) is 6.30. The van der Waals surface area contributed by atoms with Crippen molar-refractivity contribution >= 4 is 12.0 Å². The Labute approximate surface area is 182 Å². The number of rotatable bonds is 7. The fourth-order valence-electron chi connectivity index (χ4n) is 4.53. The lowest BCUT2D eigenvalue weighted by Crippen LogP contribution is -2.40. The molecule has 0 N–H and O–H groups in total. The van der Waals surface area contributed by atoms with E-state index in [1.54, 1.807) is 19.1 Å². The Bertz CT molecular complexity index is 933. The fraction of sp³-hybridized carbons (Fsp3) is 0.417. The van der Waals surface area contributed by atoms with Gasteiger partial charge in [0.1, 0.15) is 6.61 Å². The van der Waals surface area contributed by atoms with Crippen molar-refractivity contribution in [2.45, 2.75) is 38.0 Å². The third-order valence-electron chi connectivity index (χ3n) is 6.14. The maximum Gasteiger partial charge on any atom is 0.410 e. The van der Waals surface area contributed by atoms with E-state index in [2.05, 4.69) is 0 Å². The van der Waals surface area contributed by atoms with Gasteiger partial charge in [0.05, 0.1) is 26.3 Å². The second-order valence-electron chi connectivity index (χ2n) is 7.89. The first-order valence-electron chi connectivity index (χ1n) is 10.6. The Morgan fingerprint density at radius 3 is 2.52 bits per heavy atom. The number of ether oxygens (including phenoxy) is 3. The number of carbonyl (C=O) groups is 2. The van der Waals surface area contributed by atoms with Crippen LogP contribution in [0, 0.1) is 0 Å². The molecule has 2 amide bonds. The van der Waals surface area contributed by atoms with Crippen molar-refractivity contribution in [1.82, 2.24) is 9.80 Å². The molecule has 164 valence electrons. The topological polar surface area (TPSA) is 68.3 Å². The van der Waals surface area contributed by atoms with Crippen LogP contribution >= 0.6 is 0 Å². The van der Waals surface area contributed by atoms with Crippen LogP contribution in [0.5, 0.6) is 11.5 Å². The number of carbonyl (C=O) groups excluding carboxylic acids is 2. The van der Waals surface area contributed by atoms with Crippen LogP contribution in [0.15, 0.2) is 48.5 Å². The minimum absolute atomic E-state index is 0.0527. The van der Waals surface area contributed by atoms with Gasteiger partial charge in [-0.15, -0.1) is 0 Å². The predicted octanol–water partition coefficient (Wildman–Crippen LogP) is 3.26. The Morgan fingerprint density at radius 1 is 1.00 bits per heavy atom. The van der Waals surface area contributed by atoms with Gasteiger partial charge in [-0.25, -0.2) is 4.79 Å². The van der Waals surface area contributed by atoms with E-state index in [4.69, 9.17) is 14.2 Å². The minimum atomic E-state index is -0.342. The number of nitrogens with zero attached hydrogens (tertiary/aromatic N) is 2. The van der Waals surface area contributed by atoms with E-state index in [9.17, 15) is 9.59 Å². The molecule has 0 unspecified atom stereocenters. The summed E-state index contributed by atoms with van der Waals surface area (Å²) in [5.74, 6) is 1.46. The number of likely N-dealkylation sites (tertiary alicyclic amines) is 2. The minimum Gasteiger partial charge on any atom is -0.493 e. The molecule has 0 spiro atoms. The fourth-order valence-corrected chi connectivity index (χ4v) is 4.53. The number of amides is 2. The second-order valence-corrected chi connectivity index (χ2v) is 7.89. The van der Waals surface area contributed by atoms with Crippen molar-refractivity contribution in [3.05, 3.63) is 59.7 Å². The van der Waals surface area contributed by atoms with Gasteiger partial charge in [-0.1, -0.05) is 36.4 Å². The summed E-state index contributed by atoms with van der Waals surface area (Å²) in [5.41, 5.74) is 2.02. The van der Waals surface area contributed by atoms with Crippen LogP contribution in [0.3, 0.4) is 0 Å². The number of hydrogen-bond donors (Lipinski definition) is 0. The molecule has 0 aromatic heterocycles. The molecular weight excluding hydrogens is 396 g/mol. The highest BCUT2D eigenvalue weighted by molar-refractivity contribution is 5.82. The van der Waals surface area contributed by atoms with E-state index in [1.807, 2.05) is 53.4 Å². The van der Waals surface area contributed by atoms with Crippen molar-refractivity contribution in [3.8, 4) is 11.5 Å². The predicted molar refractivity (Wildman–Crippen MR) is 115 cm³/mol. The van der Waals surface area contributed by atoms with Gasteiger partial charge in [0, 0.05) is 19.5 Å². The van der Waals surface area contributed by atoms with Crippen LogP contribution in [-0.4, -0.2) is 61.2 Å². The van der Waals surface area contributed by atoms with Gasteiger partial charge in [0.25, 0.3) is 0 Å². The van der Waals surface area contributed by atoms with Gasteiger partial charge in [-0.05, 0) is 36.1 Å². The summed E-state index contributed by atoms with van der Waals surface area (Å²) >= 11 is 0. The molecule has 2 heterocycles. The highest BCUT2D eigenvalue weighted by Crippen LogP contribution is 2.34. The number of benzene rings is 2. The third kappa shape index (κ3) is 4.45. The third-order valence-corrected chi connectivity index (χ3v) is 6.14. The van der Waals surface area contributed by atoms with E-state index < -0.39 is 0 Å². The van der Waals surface area contributed by atoms with Crippen LogP contribution in [-0.2, 0) is 22.6 Å². The summed E-state index contributed by atoms with van der Waals surface area (Å²) in [5, 5.41) is 0. The number of fused-ring (bicyclic) bond motifs is 1. The lowest BCUT2D eigenvalue weighted by atomic mass is 10.1. The average molecular weight is 424 g/mol. The van der Waals surface area contributed by atoms with Crippen molar-refractivity contribution in [3.63, 3.8) is 0 Å². The first-order chi connectivity index (χ1) is 15.1. The maximum atomic E-state index is 12.7. The van der Waals surface area contributed by atoms with Crippen molar-refractivity contribution in [2.75, 3.05) is 27.3 Å². The van der Waals surface area contributed by atoms with Crippen LogP contribution in [0.2, 0.25) is 0 Å². The second kappa shape index (κ2) is 9.29. The first-order valence-corrected chi connectivity index (χ1v) is 10.6. The molecule has 2 aromatic carbocycles. The Morgan fingerprint density at radius 2 is 1.77 bits per heavy atom. The lowest BCUT2D eigenvalue weighted by molar-refractivity contribution is -0.129. The van der Waals surface area contributed by atoms with Crippen LogP contribution in [0.1, 0.15) is 24.0 Å². The van der Waals surface area contributed by atoms with Crippen molar-refractivity contribution in [1.29, 1.82) is 0 Å². The van der Waals surface area contributed by atoms with Crippen LogP contribution in [0.4, 0.5) is 4.79 Å².